The molecule has 1 aromatic carbocycles. The monoisotopic (exact) mass is 370 g/mol. The van der Waals surface area contributed by atoms with Crippen molar-refractivity contribution in [3.05, 3.63) is 45.8 Å². The average Bonchev–Trinajstić information content (AvgIpc) is 2.89. The number of halogens is 1. The lowest BCUT2D eigenvalue weighted by Crippen LogP contribution is -2.27. The number of amides is 2. The van der Waals surface area contributed by atoms with Gasteiger partial charge in [-0.15, -0.1) is 23.1 Å². The van der Waals surface area contributed by atoms with E-state index in [0.717, 1.165) is 5.56 Å². The molecule has 0 fully saturated rings. The molecule has 2 N–H and O–H groups in total. The van der Waals surface area contributed by atoms with Gasteiger partial charge in [-0.25, -0.2) is 9.59 Å². The Balaban J connectivity index is 2.15. The van der Waals surface area contributed by atoms with Crippen molar-refractivity contribution in [1.82, 2.24) is 4.90 Å². The number of nitrogens with one attached hydrogen (secondary N) is 1. The van der Waals surface area contributed by atoms with E-state index in [0.29, 0.717) is 20.7 Å². The fourth-order valence-electron chi connectivity index (χ4n) is 1.69. The molecule has 23 heavy (non-hydrogen) atoms. The minimum Gasteiger partial charge on any atom is -0.478 e. The molecule has 8 heteroatoms. The molecule has 2 amide bonds. The van der Waals surface area contributed by atoms with E-state index in [2.05, 4.69) is 5.32 Å². The summed E-state index contributed by atoms with van der Waals surface area (Å²) in [4.78, 5) is 25.2. The largest absolute Gasteiger partial charge is 0.478 e. The van der Waals surface area contributed by atoms with Gasteiger partial charge < -0.3 is 10.0 Å². The summed E-state index contributed by atoms with van der Waals surface area (Å²) in [6, 6.07) is 7.04. The number of urea groups is 1. The summed E-state index contributed by atoms with van der Waals surface area (Å²) < 4.78 is 0. The number of carbonyl (C=O) groups excluding carboxylic acids is 1. The van der Waals surface area contributed by atoms with Gasteiger partial charge in [0, 0.05) is 35.1 Å². The molecule has 0 bridgehead atoms. The third-order valence-corrected chi connectivity index (χ3v) is 5.31. The van der Waals surface area contributed by atoms with Gasteiger partial charge >= 0.3 is 12.0 Å². The molecular weight excluding hydrogens is 356 g/mol. The lowest BCUT2D eigenvalue weighted by Gasteiger charge is -2.11. The van der Waals surface area contributed by atoms with Crippen LogP contribution in [0.3, 0.4) is 0 Å². The first-order valence-electron chi connectivity index (χ1n) is 6.59. The molecule has 1 heterocycles. The van der Waals surface area contributed by atoms with Crippen molar-refractivity contribution < 1.29 is 14.7 Å². The Morgan fingerprint density at radius 2 is 1.96 bits per heavy atom. The zero-order valence-corrected chi connectivity index (χ0v) is 14.9. The molecule has 5 nitrogen and oxygen atoms in total. The maximum Gasteiger partial charge on any atom is 0.339 e. The normalized spacial score (nSPS) is 10.4. The Kier molecular flexibility index (Phi) is 5.92. The highest BCUT2D eigenvalue weighted by Crippen LogP contribution is 2.36. The molecule has 0 saturated carbocycles. The molecule has 0 radical (unpaired) electrons. The molecule has 2 aromatic rings. The topological polar surface area (TPSA) is 69.6 Å². The van der Waals surface area contributed by atoms with Crippen LogP contribution in [0.2, 0.25) is 5.02 Å². The number of hydrogen-bond donors (Lipinski definition) is 2. The number of thiophene rings is 1. The quantitative estimate of drug-likeness (QED) is 0.761. The van der Waals surface area contributed by atoms with Crippen molar-refractivity contribution in [3.8, 4) is 0 Å². The van der Waals surface area contributed by atoms with Gasteiger partial charge in [-0.05, 0) is 17.7 Å². The second kappa shape index (κ2) is 7.72. The van der Waals surface area contributed by atoms with Crippen LogP contribution in [0.1, 0.15) is 15.9 Å². The van der Waals surface area contributed by atoms with E-state index in [1.165, 1.54) is 28.0 Å². The Hall–Kier alpha value is -1.70. The average molecular weight is 371 g/mol. The summed E-state index contributed by atoms with van der Waals surface area (Å²) in [5.41, 5.74) is 1.17. The lowest BCUT2D eigenvalue weighted by atomic mass is 10.2. The molecule has 0 aliphatic carbocycles. The number of carbonyl (C=O) groups is 2. The number of benzene rings is 1. The fourth-order valence-corrected chi connectivity index (χ4v) is 3.95. The van der Waals surface area contributed by atoms with Crippen molar-refractivity contribution >= 4 is 51.7 Å². The molecular formula is C15H15ClN2O3S2. The van der Waals surface area contributed by atoms with Crippen molar-refractivity contribution in [2.24, 2.45) is 0 Å². The molecule has 0 spiro atoms. The van der Waals surface area contributed by atoms with Gasteiger partial charge in [-0.2, -0.15) is 0 Å². The van der Waals surface area contributed by atoms with Crippen molar-refractivity contribution in [2.75, 3.05) is 19.4 Å². The van der Waals surface area contributed by atoms with E-state index in [1.807, 2.05) is 12.1 Å². The number of carboxylic acids is 1. The molecule has 122 valence electrons. The van der Waals surface area contributed by atoms with E-state index in [1.54, 1.807) is 31.6 Å². The van der Waals surface area contributed by atoms with E-state index in [-0.39, 0.29) is 11.6 Å². The second-order valence-electron chi connectivity index (χ2n) is 4.85. The highest BCUT2D eigenvalue weighted by molar-refractivity contribution is 7.98. The third kappa shape index (κ3) is 4.63. The van der Waals surface area contributed by atoms with Crippen LogP contribution >= 0.6 is 34.7 Å². The van der Waals surface area contributed by atoms with Crippen molar-refractivity contribution in [2.45, 2.75) is 10.6 Å². The number of anilines is 1. The Morgan fingerprint density at radius 1 is 1.30 bits per heavy atom. The molecule has 0 aliphatic heterocycles. The minimum absolute atomic E-state index is 0.129. The van der Waals surface area contributed by atoms with Gasteiger partial charge in [-0.3, -0.25) is 5.32 Å². The standard InChI is InChI=1S/C15H15ClN2O3S2/c1-18(2)15(21)17-13-12(14(19)20)11(8-23-13)22-7-9-3-5-10(16)6-4-9/h3-6,8H,7H2,1-2H3,(H,17,21)(H,19,20). The summed E-state index contributed by atoms with van der Waals surface area (Å²) >= 11 is 8.46. The van der Waals surface area contributed by atoms with Gasteiger partial charge in [0.15, 0.2) is 0 Å². The zero-order chi connectivity index (χ0) is 17.0. The first-order chi connectivity index (χ1) is 10.9. The molecule has 0 aliphatic rings. The predicted molar refractivity (Wildman–Crippen MR) is 95.0 cm³/mol. The van der Waals surface area contributed by atoms with E-state index in [9.17, 15) is 14.7 Å². The molecule has 0 unspecified atom stereocenters. The first-order valence-corrected chi connectivity index (χ1v) is 8.83. The predicted octanol–water partition coefficient (Wildman–Crippen LogP) is 4.49. The number of thioether (sulfide) groups is 1. The molecule has 2 rings (SSSR count). The van der Waals surface area contributed by atoms with Gasteiger partial charge in [0.25, 0.3) is 0 Å². The van der Waals surface area contributed by atoms with E-state index < -0.39 is 5.97 Å². The number of carboxylic acid groups (broad SMARTS) is 1. The second-order valence-corrected chi connectivity index (χ2v) is 7.18. The molecule has 0 atom stereocenters. The van der Waals surface area contributed by atoms with Gasteiger partial charge in [0.1, 0.15) is 10.6 Å². The van der Waals surface area contributed by atoms with Gasteiger partial charge in [-0.1, -0.05) is 23.7 Å². The fraction of sp³-hybridized carbons (Fsp3) is 0.200. The van der Waals surface area contributed by atoms with Crippen LogP contribution in [0, 0.1) is 0 Å². The molecule has 1 aromatic heterocycles. The summed E-state index contributed by atoms with van der Waals surface area (Å²) in [6.45, 7) is 0. The first kappa shape index (κ1) is 17.7. The van der Waals surface area contributed by atoms with Crippen LogP contribution in [-0.4, -0.2) is 36.1 Å². The SMILES string of the molecule is CN(C)C(=O)Nc1scc(SCc2ccc(Cl)cc2)c1C(=O)O. The number of nitrogens with zero attached hydrogens (tertiary/aromatic N) is 1. The van der Waals surface area contributed by atoms with Crippen LogP contribution in [-0.2, 0) is 5.75 Å². The lowest BCUT2D eigenvalue weighted by molar-refractivity contribution is 0.0695. The minimum atomic E-state index is -1.06. The summed E-state index contributed by atoms with van der Waals surface area (Å²) in [5.74, 6) is -0.436. The van der Waals surface area contributed by atoms with Crippen molar-refractivity contribution in [1.29, 1.82) is 0 Å². The number of hydrogen-bond acceptors (Lipinski definition) is 4. The summed E-state index contributed by atoms with van der Waals surface area (Å²) in [5, 5.41) is 14.8. The third-order valence-electron chi connectivity index (χ3n) is 2.91. The van der Waals surface area contributed by atoms with Gasteiger partial charge in [0.2, 0.25) is 0 Å². The smallest absolute Gasteiger partial charge is 0.339 e. The summed E-state index contributed by atoms with van der Waals surface area (Å²) in [6.07, 6.45) is 0. The highest BCUT2D eigenvalue weighted by Gasteiger charge is 2.20. The Bertz CT molecular complexity index is 714. The zero-order valence-electron chi connectivity index (χ0n) is 12.5. The van der Waals surface area contributed by atoms with Crippen LogP contribution in [0.5, 0.6) is 0 Å². The summed E-state index contributed by atoms with van der Waals surface area (Å²) in [7, 11) is 3.19. The van der Waals surface area contributed by atoms with Crippen molar-refractivity contribution in [3.63, 3.8) is 0 Å². The highest BCUT2D eigenvalue weighted by atomic mass is 35.5. The van der Waals surface area contributed by atoms with E-state index >= 15 is 0 Å². The van der Waals surface area contributed by atoms with Crippen LogP contribution in [0.25, 0.3) is 0 Å². The van der Waals surface area contributed by atoms with Gasteiger partial charge in [0.05, 0.1) is 0 Å². The Labute approximate surface area is 147 Å². The van der Waals surface area contributed by atoms with E-state index in [4.69, 9.17) is 11.6 Å². The van der Waals surface area contributed by atoms with Crippen LogP contribution in [0.4, 0.5) is 9.80 Å². The maximum absolute atomic E-state index is 11.7. The van der Waals surface area contributed by atoms with Crippen LogP contribution in [0.15, 0.2) is 34.5 Å². The molecule has 0 saturated heterocycles. The Morgan fingerprint density at radius 3 is 2.52 bits per heavy atom. The maximum atomic E-state index is 11.7. The van der Waals surface area contributed by atoms with Crippen LogP contribution < -0.4 is 5.32 Å². The number of rotatable bonds is 5. The number of aromatic carboxylic acids is 1.